The number of furan rings is 1. The summed E-state index contributed by atoms with van der Waals surface area (Å²) in [5.41, 5.74) is 2.35. The van der Waals surface area contributed by atoms with Crippen molar-refractivity contribution in [1.29, 1.82) is 0 Å². The minimum Gasteiger partial charge on any atom is -0.497 e. The minimum absolute atomic E-state index is 0.467. The van der Waals surface area contributed by atoms with Gasteiger partial charge >= 0.3 is 0 Å². The van der Waals surface area contributed by atoms with E-state index in [1.54, 1.807) is 7.11 Å². The Labute approximate surface area is 113 Å². The van der Waals surface area contributed by atoms with Crippen LogP contribution in [-0.2, 0) is 6.54 Å². The molecule has 1 fully saturated rings. The van der Waals surface area contributed by atoms with Gasteiger partial charge in [0.05, 0.1) is 13.7 Å². The molecule has 1 aliphatic rings. The van der Waals surface area contributed by atoms with Crippen molar-refractivity contribution in [1.82, 2.24) is 5.32 Å². The van der Waals surface area contributed by atoms with Crippen molar-refractivity contribution in [2.75, 3.05) is 7.11 Å². The van der Waals surface area contributed by atoms with Crippen LogP contribution in [0, 0.1) is 0 Å². The number of ether oxygens (including phenoxy) is 1. The second-order valence-corrected chi connectivity index (χ2v) is 5.61. The molecule has 0 atom stereocenters. The van der Waals surface area contributed by atoms with E-state index in [1.807, 2.05) is 12.1 Å². The van der Waals surface area contributed by atoms with Gasteiger partial charge in [-0.15, -0.1) is 0 Å². The molecule has 19 heavy (non-hydrogen) atoms. The Morgan fingerprint density at radius 3 is 2.79 bits per heavy atom. The third-order valence-corrected chi connectivity index (χ3v) is 3.67. The zero-order valence-electron chi connectivity index (χ0n) is 11.8. The molecule has 102 valence electrons. The SMILES string of the molecule is COc1ccc2c(C3CC3)c(CNC(C)C)oc2c1. The van der Waals surface area contributed by atoms with Crippen LogP contribution < -0.4 is 10.1 Å². The average molecular weight is 259 g/mol. The van der Waals surface area contributed by atoms with Crippen LogP contribution in [0.15, 0.2) is 22.6 Å². The fraction of sp³-hybridized carbons (Fsp3) is 0.500. The molecule has 0 saturated heterocycles. The molecule has 0 amide bonds. The molecule has 1 saturated carbocycles. The smallest absolute Gasteiger partial charge is 0.138 e. The molecule has 0 bridgehead atoms. The summed E-state index contributed by atoms with van der Waals surface area (Å²) in [4.78, 5) is 0. The monoisotopic (exact) mass is 259 g/mol. The molecule has 3 rings (SSSR count). The van der Waals surface area contributed by atoms with E-state index in [4.69, 9.17) is 9.15 Å². The van der Waals surface area contributed by atoms with E-state index < -0.39 is 0 Å². The first kappa shape index (κ1) is 12.5. The highest BCUT2D eigenvalue weighted by molar-refractivity contribution is 5.84. The van der Waals surface area contributed by atoms with E-state index in [0.717, 1.165) is 23.6 Å². The molecule has 0 aliphatic heterocycles. The maximum Gasteiger partial charge on any atom is 0.138 e. The summed E-state index contributed by atoms with van der Waals surface area (Å²) in [7, 11) is 1.69. The minimum atomic E-state index is 0.467. The molecule has 1 heterocycles. The summed E-state index contributed by atoms with van der Waals surface area (Å²) >= 11 is 0. The van der Waals surface area contributed by atoms with Crippen molar-refractivity contribution < 1.29 is 9.15 Å². The molecule has 0 spiro atoms. The van der Waals surface area contributed by atoms with Gasteiger partial charge in [-0.2, -0.15) is 0 Å². The predicted molar refractivity (Wildman–Crippen MR) is 76.7 cm³/mol. The van der Waals surface area contributed by atoms with Gasteiger partial charge in [0.2, 0.25) is 0 Å². The molecule has 0 radical (unpaired) electrons. The maximum atomic E-state index is 6.05. The zero-order chi connectivity index (χ0) is 13.4. The summed E-state index contributed by atoms with van der Waals surface area (Å²) in [6.07, 6.45) is 2.57. The summed E-state index contributed by atoms with van der Waals surface area (Å²) < 4.78 is 11.3. The van der Waals surface area contributed by atoms with Gasteiger partial charge in [0.25, 0.3) is 0 Å². The zero-order valence-corrected chi connectivity index (χ0v) is 11.8. The molecule has 1 aromatic carbocycles. The fourth-order valence-electron chi connectivity index (χ4n) is 2.52. The lowest BCUT2D eigenvalue weighted by molar-refractivity contribution is 0.414. The lowest BCUT2D eigenvalue weighted by Gasteiger charge is -2.07. The van der Waals surface area contributed by atoms with Gasteiger partial charge in [-0.25, -0.2) is 0 Å². The summed E-state index contributed by atoms with van der Waals surface area (Å²) in [6.45, 7) is 5.12. The first-order chi connectivity index (χ1) is 9.19. The second kappa shape index (κ2) is 4.89. The lowest BCUT2D eigenvalue weighted by atomic mass is 10.1. The second-order valence-electron chi connectivity index (χ2n) is 5.61. The van der Waals surface area contributed by atoms with E-state index in [1.165, 1.54) is 23.8 Å². The Kier molecular flexibility index (Phi) is 3.23. The maximum absolute atomic E-state index is 6.05. The molecular weight excluding hydrogens is 238 g/mol. The molecule has 3 heteroatoms. The molecule has 2 aromatic rings. The number of rotatable bonds is 5. The van der Waals surface area contributed by atoms with E-state index in [-0.39, 0.29) is 0 Å². The molecular formula is C16H21NO2. The number of methoxy groups -OCH3 is 1. The Morgan fingerprint density at radius 1 is 1.37 bits per heavy atom. The van der Waals surface area contributed by atoms with Crippen LogP contribution in [0.2, 0.25) is 0 Å². The highest BCUT2D eigenvalue weighted by Crippen LogP contribution is 2.46. The Bertz CT molecular complexity index is 582. The topological polar surface area (TPSA) is 34.4 Å². The van der Waals surface area contributed by atoms with E-state index in [2.05, 4.69) is 25.2 Å². The molecule has 1 N–H and O–H groups in total. The van der Waals surface area contributed by atoms with Crippen LogP contribution in [0.3, 0.4) is 0 Å². The van der Waals surface area contributed by atoms with Crippen LogP contribution in [-0.4, -0.2) is 13.2 Å². The van der Waals surface area contributed by atoms with Gasteiger partial charge in [-0.3, -0.25) is 0 Å². The number of nitrogens with one attached hydrogen (secondary N) is 1. The third-order valence-electron chi connectivity index (χ3n) is 3.67. The van der Waals surface area contributed by atoms with Crippen molar-refractivity contribution in [3.8, 4) is 5.75 Å². The van der Waals surface area contributed by atoms with Crippen LogP contribution in [0.5, 0.6) is 5.75 Å². The lowest BCUT2D eigenvalue weighted by Crippen LogP contribution is -2.22. The summed E-state index contributed by atoms with van der Waals surface area (Å²) in [5.74, 6) is 2.64. The normalized spacial score (nSPS) is 15.4. The number of hydrogen-bond acceptors (Lipinski definition) is 3. The van der Waals surface area contributed by atoms with Gasteiger partial charge in [0, 0.05) is 23.1 Å². The molecule has 1 aromatic heterocycles. The number of benzene rings is 1. The molecule has 3 nitrogen and oxygen atoms in total. The van der Waals surface area contributed by atoms with E-state index >= 15 is 0 Å². The van der Waals surface area contributed by atoms with Crippen LogP contribution in [0.25, 0.3) is 11.0 Å². The van der Waals surface area contributed by atoms with Crippen LogP contribution in [0.4, 0.5) is 0 Å². The van der Waals surface area contributed by atoms with Crippen LogP contribution in [0.1, 0.15) is 43.9 Å². The highest BCUT2D eigenvalue weighted by Gasteiger charge is 2.30. The van der Waals surface area contributed by atoms with Gasteiger partial charge in [0.15, 0.2) is 0 Å². The van der Waals surface area contributed by atoms with E-state index in [0.29, 0.717) is 12.0 Å². The first-order valence-electron chi connectivity index (χ1n) is 7.01. The Hall–Kier alpha value is -1.48. The van der Waals surface area contributed by atoms with Crippen molar-refractivity contribution >= 4 is 11.0 Å². The average Bonchev–Trinajstić information content (AvgIpc) is 3.16. The summed E-state index contributed by atoms with van der Waals surface area (Å²) in [5, 5.41) is 4.70. The fourth-order valence-corrected chi connectivity index (χ4v) is 2.52. The Balaban J connectivity index is 2.01. The van der Waals surface area contributed by atoms with Crippen molar-refractivity contribution in [2.24, 2.45) is 0 Å². The number of hydrogen-bond donors (Lipinski definition) is 1. The predicted octanol–water partition coefficient (Wildman–Crippen LogP) is 3.82. The van der Waals surface area contributed by atoms with Crippen molar-refractivity contribution in [2.45, 2.75) is 45.2 Å². The molecule has 0 unspecified atom stereocenters. The van der Waals surface area contributed by atoms with Gasteiger partial charge in [0.1, 0.15) is 17.1 Å². The van der Waals surface area contributed by atoms with Gasteiger partial charge in [-0.05, 0) is 30.9 Å². The highest BCUT2D eigenvalue weighted by atomic mass is 16.5. The van der Waals surface area contributed by atoms with Gasteiger partial charge in [-0.1, -0.05) is 13.8 Å². The summed E-state index contributed by atoms with van der Waals surface area (Å²) in [6, 6.07) is 6.60. The first-order valence-corrected chi connectivity index (χ1v) is 7.01. The standard InChI is InChI=1S/C16H21NO2/c1-10(2)17-9-15-16(11-4-5-11)13-7-6-12(18-3)8-14(13)19-15/h6-8,10-11,17H,4-5,9H2,1-3H3. The third kappa shape index (κ3) is 2.47. The molecule has 1 aliphatic carbocycles. The number of fused-ring (bicyclic) bond motifs is 1. The van der Waals surface area contributed by atoms with E-state index in [9.17, 15) is 0 Å². The van der Waals surface area contributed by atoms with Crippen molar-refractivity contribution in [3.63, 3.8) is 0 Å². The van der Waals surface area contributed by atoms with Crippen LogP contribution >= 0.6 is 0 Å². The van der Waals surface area contributed by atoms with Crippen molar-refractivity contribution in [3.05, 3.63) is 29.5 Å². The van der Waals surface area contributed by atoms with Gasteiger partial charge < -0.3 is 14.5 Å². The Morgan fingerprint density at radius 2 is 2.16 bits per heavy atom. The quantitative estimate of drug-likeness (QED) is 0.886. The largest absolute Gasteiger partial charge is 0.497 e.